The molecule has 0 saturated carbocycles. The molecular weight excluding hydrogens is 457 g/mol. The summed E-state index contributed by atoms with van der Waals surface area (Å²) in [6.45, 7) is 8.71. The molecule has 0 aliphatic rings. The summed E-state index contributed by atoms with van der Waals surface area (Å²) in [6, 6.07) is 6.95. The predicted octanol–water partition coefficient (Wildman–Crippen LogP) is 4.52. The van der Waals surface area contributed by atoms with Gasteiger partial charge in [-0.3, -0.25) is 9.32 Å². The monoisotopic (exact) mass is 473 g/mol. The first-order valence-corrected chi connectivity index (χ1v) is 9.53. The van der Waals surface area contributed by atoms with Gasteiger partial charge in [0.25, 0.3) is 5.91 Å². The lowest BCUT2D eigenvalue weighted by Crippen LogP contribution is -2.27. The Labute approximate surface area is 180 Å². The molecule has 0 saturated heterocycles. The number of nitrogens with two attached hydrogens (primary N) is 1. The second-order valence-corrected chi connectivity index (χ2v) is 7.37. The molecule has 2 N–H and O–H groups in total. The normalized spacial score (nSPS) is 11.6. The molecule has 10 heteroatoms. The highest BCUT2D eigenvalue weighted by Crippen LogP contribution is 2.30. The molecular formula is C20H17BrFN5O3. The third-order valence-electron chi connectivity index (χ3n) is 4.23. The highest BCUT2D eigenvalue weighted by atomic mass is 79.9. The number of benzene rings is 1. The maximum Gasteiger partial charge on any atom is 0.319 e. The molecule has 3 aromatic rings. The first kappa shape index (κ1) is 21.3. The fraction of sp³-hybridized carbons (Fsp3) is 0.200. The number of halogens is 2. The molecule has 30 heavy (non-hydrogen) atoms. The molecule has 154 valence electrons. The molecule has 0 fully saturated rings. The quantitative estimate of drug-likeness (QED) is 0.528. The van der Waals surface area contributed by atoms with E-state index < -0.39 is 11.9 Å². The minimum atomic E-state index is -0.689. The largest absolute Gasteiger partial charge is 0.482 e. The van der Waals surface area contributed by atoms with Crippen molar-refractivity contribution >= 4 is 33.5 Å². The number of nitrogen functional groups attached to an aromatic ring is 1. The van der Waals surface area contributed by atoms with E-state index in [4.69, 9.17) is 21.6 Å². The van der Waals surface area contributed by atoms with E-state index >= 15 is 0 Å². The zero-order chi connectivity index (χ0) is 21.8. The van der Waals surface area contributed by atoms with E-state index in [1.54, 1.807) is 20.0 Å². The van der Waals surface area contributed by atoms with Crippen molar-refractivity contribution in [2.24, 2.45) is 0 Å². The number of pyridine rings is 1. The fourth-order valence-electron chi connectivity index (χ4n) is 2.78. The van der Waals surface area contributed by atoms with E-state index in [0.717, 1.165) is 0 Å². The van der Waals surface area contributed by atoms with Crippen LogP contribution < -0.4 is 10.5 Å². The topological polar surface area (TPSA) is 98.8 Å². The minimum absolute atomic E-state index is 0.0932. The van der Waals surface area contributed by atoms with Gasteiger partial charge in [-0.15, -0.1) is 0 Å². The van der Waals surface area contributed by atoms with E-state index in [0.29, 0.717) is 21.5 Å². The number of hydrogen-bond donors (Lipinski definition) is 1. The van der Waals surface area contributed by atoms with Crippen LogP contribution in [-0.2, 0) is 6.54 Å². The Bertz CT molecular complexity index is 1130. The minimum Gasteiger partial charge on any atom is -0.482 e. The summed E-state index contributed by atoms with van der Waals surface area (Å²) in [4.78, 5) is 21.6. The van der Waals surface area contributed by atoms with Crippen molar-refractivity contribution in [2.45, 2.75) is 19.6 Å². The van der Waals surface area contributed by atoms with Crippen molar-refractivity contribution in [1.29, 1.82) is 0 Å². The fourth-order valence-corrected chi connectivity index (χ4v) is 3.10. The standard InChI is InChI=1S/C20H17BrFN5O3/c1-11(29-17-6-12(21)9-25-19(17)23)16-7-13(22)4-5-15(16)20(28)27(3)10-14-8-18(24-2)26-30-14/h4-9,11H,10H2,1,3H3,(H2,23,25)/t11-/m1/s1. The van der Waals surface area contributed by atoms with Crippen LogP contribution in [0.5, 0.6) is 5.75 Å². The van der Waals surface area contributed by atoms with Gasteiger partial charge in [0.15, 0.2) is 17.3 Å². The molecule has 0 unspecified atom stereocenters. The number of ether oxygens (including phenoxy) is 1. The third kappa shape index (κ3) is 4.75. The lowest BCUT2D eigenvalue weighted by molar-refractivity contribution is 0.0767. The summed E-state index contributed by atoms with van der Waals surface area (Å²) in [7, 11) is 1.57. The Balaban J connectivity index is 1.85. The molecule has 0 spiro atoms. The second-order valence-electron chi connectivity index (χ2n) is 6.45. The Morgan fingerprint density at radius 1 is 1.43 bits per heavy atom. The summed E-state index contributed by atoms with van der Waals surface area (Å²) < 4.78 is 25.5. The lowest BCUT2D eigenvalue weighted by atomic mass is 10.0. The average Bonchev–Trinajstić information content (AvgIpc) is 3.17. The van der Waals surface area contributed by atoms with Gasteiger partial charge < -0.3 is 20.2 Å². The van der Waals surface area contributed by atoms with Crippen LogP contribution in [0.1, 0.15) is 34.7 Å². The van der Waals surface area contributed by atoms with E-state index in [9.17, 15) is 9.18 Å². The number of aromatic nitrogens is 2. The van der Waals surface area contributed by atoms with Crippen LogP contribution in [0.15, 0.2) is 45.5 Å². The van der Waals surface area contributed by atoms with Crippen molar-refractivity contribution < 1.29 is 18.4 Å². The molecule has 1 aromatic carbocycles. The number of anilines is 1. The van der Waals surface area contributed by atoms with E-state index in [2.05, 4.69) is 30.9 Å². The highest BCUT2D eigenvalue weighted by molar-refractivity contribution is 9.10. The van der Waals surface area contributed by atoms with Crippen LogP contribution in [-0.4, -0.2) is 28.0 Å². The van der Waals surface area contributed by atoms with Gasteiger partial charge >= 0.3 is 5.82 Å². The number of carbonyl (C=O) groups excluding carboxylic acids is 1. The van der Waals surface area contributed by atoms with E-state index in [1.807, 2.05) is 0 Å². The van der Waals surface area contributed by atoms with Crippen LogP contribution in [0.2, 0.25) is 0 Å². The molecule has 0 aliphatic carbocycles. The lowest BCUT2D eigenvalue weighted by Gasteiger charge is -2.22. The average molecular weight is 474 g/mol. The Morgan fingerprint density at radius 3 is 2.90 bits per heavy atom. The molecule has 0 radical (unpaired) electrons. The van der Waals surface area contributed by atoms with Gasteiger partial charge in [-0.1, -0.05) is 6.57 Å². The Morgan fingerprint density at radius 2 is 2.20 bits per heavy atom. The van der Waals surface area contributed by atoms with Gasteiger partial charge in [0.1, 0.15) is 11.9 Å². The van der Waals surface area contributed by atoms with Gasteiger partial charge in [0.05, 0.1) is 11.7 Å². The van der Waals surface area contributed by atoms with Gasteiger partial charge in [0.2, 0.25) is 0 Å². The van der Waals surface area contributed by atoms with Crippen molar-refractivity contribution in [3.05, 3.63) is 75.1 Å². The van der Waals surface area contributed by atoms with Crippen molar-refractivity contribution in [3.63, 3.8) is 0 Å². The number of carbonyl (C=O) groups is 1. The molecule has 3 rings (SSSR count). The van der Waals surface area contributed by atoms with Crippen LogP contribution in [0.4, 0.5) is 16.0 Å². The summed E-state index contributed by atoms with van der Waals surface area (Å²) in [5.74, 6) is 0.0698. The maximum absolute atomic E-state index is 14.0. The number of amides is 1. The SMILES string of the molecule is [C-]#[N+]c1cc(CN(C)C(=O)c2ccc(F)cc2[C@@H](C)Oc2cc(Br)cnc2N)on1. The van der Waals surface area contributed by atoms with Crippen LogP contribution in [0.3, 0.4) is 0 Å². The first-order valence-electron chi connectivity index (χ1n) is 8.74. The number of hydrogen-bond acceptors (Lipinski definition) is 6. The zero-order valence-electron chi connectivity index (χ0n) is 16.1. The zero-order valence-corrected chi connectivity index (χ0v) is 17.7. The van der Waals surface area contributed by atoms with Crippen LogP contribution in [0, 0.1) is 12.4 Å². The van der Waals surface area contributed by atoms with Crippen molar-refractivity contribution in [2.75, 3.05) is 12.8 Å². The van der Waals surface area contributed by atoms with Gasteiger partial charge in [0, 0.05) is 34.9 Å². The molecule has 0 aliphatic heterocycles. The first-order chi connectivity index (χ1) is 14.3. The Kier molecular flexibility index (Phi) is 6.32. The third-order valence-corrected chi connectivity index (χ3v) is 4.67. The molecule has 0 bridgehead atoms. The molecule has 8 nitrogen and oxygen atoms in total. The summed E-state index contributed by atoms with van der Waals surface area (Å²) in [5, 5.41) is 3.58. The summed E-state index contributed by atoms with van der Waals surface area (Å²) >= 11 is 3.30. The van der Waals surface area contributed by atoms with Crippen LogP contribution in [0.25, 0.3) is 4.85 Å². The van der Waals surface area contributed by atoms with Crippen molar-refractivity contribution in [3.8, 4) is 5.75 Å². The molecule has 1 amide bonds. The maximum atomic E-state index is 14.0. The second kappa shape index (κ2) is 8.92. The van der Waals surface area contributed by atoms with Crippen LogP contribution >= 0.6 is 15.9 Å². The summed E-state index contributed by atoms with van der Waals surface area (Å²) in [6.07, 6.45) is 0.840. The van der Waals surface area contributed by atoms with Gasteiger partial charge in [-0.2, -0.15) is 0 Å². The Hall–Kier alpha value is -3.45. The molecule has 2 aromatic heterocycles. The van der Waals surface area contributed by atoms with E-state index in [1.165, 1.54) is 35.4 Å². The van der Waals surface area contributed by atoms with E-state index in [-0.39, 0.29) is 29.7 Å². The van der Waals surface area contributed by atoms with Crippen molar-refractivity contribution in [1.82, 2.24) is 15.0 Å². The highest BCUT2D eigenvalue weighted by Gasteiger charge is 2.23. The number of nitrogens with zero attached hydrogens (tertiary/aromatic N) is 4. The smallest absolute Gasteiger partial charge is 0.319 e. The van der Waals surface area contributed by atoms with Gasteiger partial charge in [-0.25, -0.2) is 9.37 Å². The van der Waals surface area contributed by atoms with Gasteiger partial charge in [-0.05, 0) is 47.1 Å². The molecule has 2 heterocycles. The summed E-state index contributed by atoms with van der Waals surface area (Å²) in [5.41, 5.74) is 6.46. The molecule has 1 atom stereocenters. The predicted molar refractivity (Wildman–Crippen MR) is 110 cm³/mol. The number of rotatable bonds is 6.